The van der Waals surface area contributed by atoms with Crippen LogP contribution in [0.4, 0.5) is 0 Å². The molecule has 4 heteroatoms. The summed E-state index contributed by atoms with van der Waals surface area (Å²) in [6, 6.07) is -0.509. The highest BCUT2D eigenvalue weighted by Gasteiger charge is 2.55. The number of ether oxygens (including phenoxy) is 1. The van der Waals surface area contributed by atoms with Gasteiger partial charge in [-0.25, -0.2) is 0 Å². The smallest absolute Gasteiger partial charge is 0.323 e. The van der Waals surface area contributed by atoms with Crippen LogP contribution in [-0.2, 0) is 9.53 Å². The van der Waals surface area contributed by atoms with Crippen LogP contribution in [0.3, 0.4) is 0 Å². The molecule has 0 amide bonds. The van der Waals surface area contributed by atoms with Gasteiger partial charge in [-0.15, -0.1) is 0 Å². The molecule has 0 aromatic rings. The Kier molecular flexibility index (Phi) is 2.68. The standard InChI is InChI=1S/C15H23NO3/c17-14(18)12-8-19-13(7-16-12)15-4-9-1-10(5-15)3-11(2-9)6-15/h9-13,16H,1-8H2,(H,17,18). The summed E-state index contributed by atoms with van der Waals surface area (Å²) in [4.78, 5) is 11.0. The SMILES string of the molecule is O=C(O)C1COC(C23CC4CC(CC(C4)C2)C3)CN1. The van der Waals surface area contributed by atoms with E-state index in [9.17, 15) is 4.79 Å². The highest BCUT2D eigenvalue weighted by molar-refractivity contribution is 5.73. The number of morpholine rings is 1. The predicted molar refractivity (Wildman–Crippen MR) is 69.8 cm³/mol. The molecule has 4 aliphatic carbocycles. The molecule has 0 spiro atoms. The fourth-order valence-electron chi connectivity index (χ4n) is 5.70. The number of rotatable bonds is 2. The molecule has 2 N–H and O–H groups in total. The van der Waals surface area contributed by atoms with Gasteiger partial charge in [0.15, 0.2) is 0 Å². The average Bonchev–Trinajstić information content (AvgIpc) is 2.37. The first-order chi connectivity index (χ1) is 9.14. The Hall–Kier alpha value is -0.610. The molecule has 1 heterocycles. The topological polar surface area (TPSA) is 58.6 Å². The van der Waals surface area contributed by atoms with Gasteiger partial charge in [-0.3, -0.25) is 10.1 Å². The summed E-state index contributed by atoms with van der Waals surface area (Å²) in [5.74, 6) is 1.98. The van der Waals surface area contributed by atoms with E-state index in [2.05, 4.69) is 5.32 Å². The number of aliphatic carboxylic acids is 1. The Morgan fingerprint density at radius 1 is 1.11 bits per heavy atom. The molecule has 1 saturated heterocycles. The number of carbonyl (C=O) groups is 1. The van der Waals surface area contributed by atoms with Crippen molar-refractivity contribution in [3.8, 4) is 0 Å². The third-order valence-electron chi connectivity index (χ3n) is 6.08. The molecule has 0 aromatic carbocycles. The fourth-order valence-corrected chi connectivity index (χ4v) is 5.70. The largest absolute Gasteiger partial charge is 0.480 e. The van der Waals surface area contributed by atoms with Crippen molar-refractivity contribution in [2.75, 3.05) is 13.2 Å². The summed E-state index contributed by atoms with van der Waals surface area (Å²) in [7, 11) is 0. The van der Waals surface area contributed by atoms with E-state index in [0.29, 0.717) is 12.0 Å². The van der Waals surface area contributed by atoms with Crippen LogP contribution in [0.5, 0.6) is 0 Å². The van der Waals surface area contributed by atoms with Gasteiger partial charge in [0.1, 0.15) is 6.04 Å². The van der Waals surface area contributed by atoms with Gasteiger partial charge in [0.2, 0.25) is 0 Å². The second-order valence-corrected chi connectivity index (χ2v) is 7.40. The minimum atomic E-state index is -0.788. The van der Waals surface area contributed by atoms with Gasteiger partial charge in [-0.2, -0.15) is 0 Å². The van der Waals surface area contributed by atoms with E-state index in [4.69, 9.17) is 9.84 Å². The number of carboxylic acid groups (broad SMARTS) is 1. The van der Waals surface area contributed by atoms with Gasteiger partial charge in [0.25, 0.3) is 0 Å². The zero-order valence-electron chi connectivity index (χ0n) is 11.3. The predicted octanol–water partition coefficient (Wildman–Crippen LogP) is 1.64. The van der Waals surface area contributed by atoms with Gasteiger partial charge in [0.05, 0.1) is 12.7 Å². The quantitative estimate of drug-likeness (QED) is 0.797. The van der Waals surface area contributed by atoms with Gasteiger partial charge in [-0.05, 0) is 61.7 Å². The summed E-state index contributed by atoms with van der Waals surface area (Å²) in [5.41, 5.74) is 0.366. The molecule has 5 fully saturated rings. The lowest BCUT2D eigenvalue weighted by atomic mass is 9.48. The molecule has 4 saturated carbocycles. The van der Waals surface area contributed by atoms with Gasteiger partial charge >= 0.3 is 5.97 Å². The summed E-state index contributed by atoms with van der Waals surface area (Å²) in [6.07, 6.45) is 8.54. The number of carboxylic acids is 1. The van der Waals surface area contributed by atoms with Crippen molar-refractivity contribution in [1.29, 1.82) is 0 Å². The lowest BCUT2D eigenvalue weighted by Gasteiger charge is -2.59. The van der Waals surface area contributed by atoms with Gasteiger partial charge < -0.3 is 9.84 Å². The third kappa shape index (κ3) is 1.91. The van der Waals surface area contributed by atoms with Crippen LogP contribution in [0.2, 0.25) is 0 Å². The van der Waals surface area contributed by atoms with Crippen molar-refractivity contribution >= 4 is 5.97 Å². The molecule has 5 rings (SSSR count). The maximum atomic E-state index is 11.0. The van der Waals surface area contributed by atoms with Gasteiger partial charge in [-0.1, -0.05) is 0 Å². The van der Waals surface area contributed by atoms with Crippen molar-refractivity contribution < 1.29 is 14.6 Å². The van der Waals surface area contributed by atoms with Crippen molar-refractivity contribution in [2.24, 2.45) is 23.2 Å². The van der Waals surface area contributed by atoms with Crippen molar-refractivity contribution in [3.63, 3.8) is 0 Å². The number of hydrogen-bond acceptors (Lipinski definition) is 3. The van der Waals surface area contributed by atoms with E-state index in [1.54, 1.807) is 0 Å². The third-order valence-corrected chi connectivity index (χ3v) is 6.08. The van der Waals surface area contributed by atoms with E-state index < -0.39 is 12.0 Å². The van der Waals surface area contributed by atoms with E-state index in [0.717, 1.165) is 24.3 Å². The van der Waals surface area contributed by atoms with Gasteiger partial charge in [0, 0.05) is 6.54 Å². The maximum absolute atomic E-state index is 11.0. The van der Waals surface area contributed by atoms with Crippen molar-refractivity contribution in [2.45, 2.75) is 50.7 Å². The normalized spacial score (nSPS) is 52.3. The average molecular weight is 265 g/mol. The minimum absolute atomic E-state index is 0.247. The molecule has 0 aromatic heterocycles. The molecule has 0 radical (unpaired) electrons. The van der Waals surface area contributed by atoms with Crippen LogP contribution in [0.15, 0.2) is 0 Å². The highest BCUT2D eigenvalue weighted by atomic mass is 16.5. The number of nitrogens with one attached hydrogen (secondary N) is 1. The van der Waals surface area contributed by atoms with Crippen LogP contribution >= 0.6 is 0 Å². The summed E-state index contributed by atoms with van der Waals surface area (Å²) in [5, 5.41) is 12.2. The van der Waals surface area contributed by atoms with Crippen LogP contribution in [-0.4, -0.2) is 36.4 Å². The van der Waals surface area contributed by atoms with Crippen LogP contribution in [0, 0.1) is 23.2 Å². The lowest BCUT2D eigenvalue weighted by molar-refractivity contribution is -0.166. The fraction of sp³-hybridized carbons (Fsp3) is 0.933. The molecule has 19 heavy (non-hydrogen) atoms. The first-order valence-corrected chi connectivity index (χ1v) is 7.72. The summed E-state index contributed by atoms with van der Waals surface area (Å²) >= 11 is 0. The molecule has 5 aliphatic rings. The van der Waals surface area contributed by atoms with E-state index >= 15 is 0 Å². The molecule has 1 aliphatic heterocycles. The molecule has 2 atom stereocenters. The zero-order chi connectivity index (χ0) is 13.0. The molecular weight excluding hydrogens is 242 g/mol. The van der Waals surface area contributed by atoms with Crippen LogP contribution in [0.25, 0.3) is 0 Å². The second kappa shape index (κ2) is 4.19. The first kappa shape index (κ1) is 12.2. The Balaban J connectivity index is 1.49. The molecule has 4 bridgehead atoms. The molecule has 2 unspecified atom stereocenters. The molecule has 106 valence electrons. The Morgan fingerprint density at radius 3 is 2.11 bits per heavy atom. The Bertz CT molecular complexity index is 352. The van der Waals surface area contributed by atoms with Crippen LogP contribution < -0.4 is 5.32 Å². The van der Waals surface area contributed by atoms with Crippen molar-refractivity contribution in [3.05, 3.63) is 0 Å². The van der Waals surface area contributed by atoms with E-state index in [1.807, 2.05) is 0 Å². The lowest BCUT2D eigenvalue weighted by Crippen LogP contribution is -2.60. The second-order valence-electron chi connectivity index (χ2n) is 7.40. The van der Waals surface area contributed by atoms with E-state index in [1.165, 1.54) is 38.5 Å². The zero-order valence-corrected chi connectivity index (χ0v) is 11.3. The Morgan fingerprint density at radius 2 is 1.68 bits per heavy atom. The summed E-state index contributed by atoms with van der Waals surface area (Å²) < 4.78 is 5.99. The highest BCUT2D eigenvalue weighted by Crippen LogP contribution is 2.61. The molecule has 4 nitrogen and oxygen atoms in total. The molecular formula is C15H23NO3. The number of hydrogen-bond donors (Lipinski definition) is 2. The Labute approximate surface area is 113 Å². The minimum Gasteiger partial charge on any atom is -0.480 e. The van der Waals surface area contributed by atoms with Crippen molar-refractivity contribution in [1.82, 2.24) is 5.32 Å². The first-order valence-electron chi connectivity index (χ1n) is 7.72. The van der Waals surface area contributed by atoms with E-state index in [-0.39, 0.29) is 6.10 Å². The summed E-state index contributed by atoms with van der Waals surface area (Å²) in [6.45, 7) is 1.06. The van der Waals surface area contributed by atoms with Crippen LogP contribution in [0.1, 0.15) is 38.5 Å². The maximum Gasteiger partial charge on any atom is 0.323 e. The monoisotopic (exact) mass is 265 g/mol.